The van der Waals surface area contributed by atoms with Gasteiger partial charge in [-0.15, -0.1) is 0 Å². The minimum atomic E-state index is -2.59. The van der Waals surface area contributed by atoms with Crippen LogP contribution in [0, 0.1) is 0 Å². The van der Waals surface area contributed by atoms with Crippen molar-refractivity contribution in [3.8, 4) is 0 Å². The molecule has 6 heteroatoms. The third-order valence-corrected chi connectivity index (χ3v) is 2.81. The molecule has 1 aromatic rings. The third kappa shape index (κ3) is 4.60. The van der Waals surface area contributed by atoms with Gasteiger partial charge in [-0.1, -0.05) is 12.1 Å². The van der Waals surface area contributed by atoms with Crippen molar-refractivity contribution in [3.05, 3.63) is 35.4 Å². The van der Waals surface area contributed by atoms with E-state index in [1.165, 1.54) is 18.2 Å². The van der Waals surface area contributed by atoms with Gasteiger partial charge < -0.3 is 10.0 Å². The quantitative estimate of drug-likeness (QED) is 0.873. The number of alkyl halides is 2. The Kier molecular flexibility index (Phi) is 5.61. The fourth-order valence-electron chi connectivity index (χ4n) is 1.84. The summed E-state index contributed by atoms with van der Waals surface area (Å²) in [5, 5.41) is 8.87. The molecule has 110 valence electrons. The smallest absolute Gasteiger partial charge is 0.335 e. The summed E-state index contributed by atoms with van der Waals surface area (Å²) in [4.78, 5) is 23.9. The van der Waals surface area contributed by atoms with Crippen LogP contribution in [0.2, 0.25) is 0 Å². The lowest BCUT2D eigenvalue weighted by Gasteiger charge is -2.26. The zero-order valence-electron chi connectivity index (χ0n) is 11.3. The summed E-state index contributed by atoms with van der Waals surface area (Å²) in [7, 11) is 0. The van der Waals surface area contributed by atoms with E-state index in [0.29, 0.717) is 5.56 Å². The fourth-order valence-corrected chi connectivity index (χ4v) is 1.84. The second-order valence-corrected chi connectivity index (χ2v) is 4.71. The van der Waals surface area contributed by atoms with Crippen molar-refractivity contribution in [3.63, 3.8) is 0 Å². The van der Waals surface area contributed by atoms with Gasteiger partial charge in [0.05, 0.1) is 18.5 Å². The van der Waals surface area contributed by atoms with E-state index in [1.54, 1.807) is 19.9 Å². The Bertz CT molecular complexity index is 489. The van der Waals surface area contributed by atoms with Gasteiger partial charge in [0.2, 0.25) is 5.91 Å². The maximum atomic E-state index is 12.4. The lowest BCUT2D eigenvalue weighted by molar-refractivity contribution is -0.134. The lowest BCUT2D eigenvalue weighted by atomic mass is 10.1. The zero-order chi connectivity index (χ0) is 15.3. The van der Waals surface area contributed by atoms with Crippen LogP contribution in [0.3, 0.4) is 0 Å². The standard InChI is InChI=1S/C14H17F2NO3/c1-9(2)17(8-12(15)16)13(18)7-10-4-3-5-11(6-10)14(19)20/h3-6,9,12H,7-8H2,1-2H3,(H,19,20). The highest BCUT2D eigenvalue weighted by Gasteiger charge is 2.21. The van der Waals surface area contributed by atoms with Crippen molar-refractivity contribution < 1.29 is 23.5 Å². The average Bonchev–Trinajstić information content (AvgIpc) is 2.35. The predicted octanol–water partition coefficient (Wildman–Crippen LogP) is 2.43. The van der Waals surface area contributed by atoms with E-state index in [-0.39, 0.29) is 18.0 Å². The Morgan fingerprint density at radius 2 is 1.95 bits per heavy atom. The van der Waals surface area contributed by atoms with Gasteiger partial charge in [-0.25, -0.2) is 13.6 Å². The summed E-state index contributed by atoms with van der Waals surface area (Å²) in [6, 6.07) is 5.58. The first-order chi connectivity index (χ1) is 9.31. The molecule has 20 heavy (non-hydrogen) atoms. The largest absolute Gasteiger partial charge is 0.478 e. The van der Waals surface area contributed by atoms with Crippen LogP contribution >= 0.6 is 0 Å². The Hall–Kier alpha value is -1.98. The van der Waals surface area contributed by atoms with Crippen LogP contribution in [0.25, 0.3) is 0 Å². The first kappa shape index (κ1) is 16.1. The number of carboxylic acids is 1. The minimum Gasteiger partial charge on any atom is -0.478 e. The van der Waals surface area contributed by atoms with Gasteiger partial charge in [0, 0.05) is 6.04 Å². The van der Waals surface area contributed by atoms with Crippen LogP contribution < -0.4 is 0 Å². The molecule has 1 rings (SSSR count). The zero-order valence-corrected chi connectivity index (χ0v) is 11.3. The first-order valence-electron chi connectivity index (χ1n) is 6.21. The van der Waals surface area contributed by atoms with Gasteiger partial charge in [0.25, 0.3) is 6.43 Å². The van der Waals surface area contributed by atoms with Gasteiger partial charge in [-0.05, 0) is 31.5 Å². The van der Waals surface area contributed by atoms with Crippen molar-refractivity contribution >= 4 is 11.9 Å². The van der Waals surface area contributed by atoms with E-state index >= 15 is 0 Å². The molecule has 0 bridgehead atoms. The maximum Gasteiger partial charge on any atom is 0.335 e. The maximum absolute atomic E-state index is 12.4. The van der Waals surface area contributed by atoms with Gasteiger partial charge in [-0.3, -0.25) is 4.79 Å². The highest BCUT2D eigenvalue weighted by Crippen LogP contribution is 2.11. The van der Waals surface area contributed by atoms with Crippen LogP contribution in [-0.2, 0) is 11.2 Å². The molecule has 0 spiro atoms. The van der Waals surface area contributed by atoms with E-state index in [1.807, 2.05) is 0 Å². The number of hydrogen-bond acceptors (Lipinski definition) is 2. The van der Waals surface area contributed by atoms with E-state index in [4.69, 9.17) is 5.11 Å². The number of amides is 1. The van der Waals surface area contributed by atoms with Crippen molar-refractivity contribution in [2.24, 2.45) is 0 Å². The third-order valence-electron chi connectivity index (χ3n) is 2.81. The topological polar surface area (TPSA) is 57.6 Å². The van der Waals surface area contributed by atoms with E-state index in [2.05, 4.69) is 0 Å². The normalized spacial score (nSPS) is 10.9. The molecule has 0 aromatic heterocycles. The molecule has 1 amide bonds. The average molecular weight is 285 g/mol. The summed E-state index contributed by atoms with van der Waals surface area (Å²) in [6.45, 7) is 2.71. The van der Waals surface area contributed by atoms with Crippen molar-refractivity contribution in [1.29, 1.82) is 0 Å². The Morgan fingerprint density at radius 3 is 2.45 bits per heavy atom. The Balaban J connectivity index is 2.82. The molecular weight excluding hydrogens is 268 g/mol. The second-order valence-electron chi connectivity index (χ2n) is 4.71. The molecule has 0 unspecified atom stereocenters. The molecule has 4 nitrogen and oxygen atoms in total. The van der Waals surface area contributed by atoms with Gasteiger partial charge >= 0.3 is 5.97 Å². The summed E-state index contributed by atoms with van der Waals surface area (Å²) >= 11 is 0. The number of aromatic carboxylic acids is 1. The number of halogens is 2. The molecule has 0 atom stereocenters. The molecule has 0 aliphatic heterocycles. The number of carbonyl (C=O) groups excluding carboxylic acids is 1. The molecule has 0 heterocycles. The number of rotatable bonds is 6. The molecule has 0 saturated heterocycles. The van der Waals surface area contributed by atoms with Crippen LogP contribution in [-0.4, -0.2) is 40.9 Å². The van der Waals surface area contributed by atoms with E-state index < -0.39 is 24.8 Å². The molecular formula is C14H17F2NO3. The monoisotopic (exact) mass is 285 g/mol. The van der Waals surface area contributed by atoms with Crippen LogP contribution in [0.1, 0.15) is 29.8 Å². The SMILES string of the molecule is CC(C)N(CC(F)F)C(=O)Cc1cccc(C(=O)O)c1. The molecule has 0 saturated carbocycles. The number of nitrogens with zero attached hydrogens (tertiary/aromatic N) is 1. The highest BCUT2D eigenvalue weighted by atomic mass is 19.3. The Labute approximate surface area is 116 Å². The second kappa shape index (κ2) is 6.98. The molecule has 1 N–H and O–H groups in total. The van der Waals surface area contributed by atoms with E-state index in [0.717, 1.165) is 4.90 Å². The number of hydrogen-bond donors (Lipinski definition) is 1. The van der Waals surface area contributed by atoms with Crippen molar-refractivity contribution in [2.45, 2.75) is 32.7 Å². The van der Waals surface area contributed by atoms with Crippen LogP contribution in [0.5, 0.6) is 0 Å². The Morgan fingerprint density at radius 1 is 1.30 bits per heavy atom. The van der Waals surface area contributed by atoms with Crippen molar-refractivity contribution in [2.75, 3.05) is 6.54 Å². The summed E-state index contributed by atoms with van der Waals surface area (Å²) in [5.74, 6) is -1.53. The summed E-state index contributed by atoms with van der Waals surface area (Å²) < 4.78 is 24.9. The van der Waals surface area contributed by atoms with Gasteiger partial charge in [-0.2, -0.15) is 0 Å². The molecule has 1 aromatic carbocycles. The number of carboxylic acid groups (broad SMARTS) is 1. The molecule has 0 radical (unpaired) electrons. The number of carbonyl (C=O) groups is 2. The minimum absolute atomic E-state index is 0.0697. The summed E-state index contributed by atoms with van der Waals surface area (Å²) in [5.41, 5.74) is 0.565. The highest BCUT2D eigenvalue weighted by molar-refractivity contribution is 5.88. The van der Waals surface area contributed by atoms with Gasteiger partial charge in [0.1, 0.15) is 0 Å². The van der Waals surface area contributed by atoms with Gasteiger partial charge in [0.15, 0.2) is 0 Å². The number of benzene rings is 1. The predicted molar refractivity (Wildman–Crippen MR) is 70.0 cm³/mol. The summed E-state index contributed by atoms with van der Waals surface area (Å²) in [6.07, 6.45) is -2.68. The molecule has 0 aliphatic carbocycles. The van der Waals surface area contributed by atoms with E-state index in [9.17, 15) is 18.4 Å². The fraction of sp³-hybridized carbons (Fsp3) is 0.429. The van der Waals surface area contributed by atoms with Crippen LogP contribution in [0.4, 0.5) is 8.78 Å². The first-order valence-corrected chi connectivity index (χ1v) is 6.21. The molecule has 0 aliphatic rings. The van der Waals surface area contributed by atoms with Crippen LogP contribution in [0.15, 0.2) is 24.3 Å². The molecule has 0 fully saturated rings. The van der Waals surface area contributed by atoms with Crippen molar-refractivity contribution in [1.82, 2.24) is 4.90 Å². The lowest BCUT2D eigenvalue weighted by Crippen LogP contribution is -2.41.